The van der Waals surface area contributed by atoms with E-state index in [0.717, 1.165) is 37.6 Å². The quantitative estimate of drug-likeness (QED) is 0.736. The first-order chi connectivity index (χ1) is 12.8. The minimum atomic E-state index is -4.55. The summed E-state index contributed by atoms with van der Waals surface area (Å²) < 4.78 is 37.6. The first-order valence-corrected chi connectivity index (χ1v) is 8.42. The van der Waals surface area contributed by atoms with Crippen LogP contribution in [0.25, 0.3) is 0 Å². The second-order valence-corrected chi connectivity index (χ2v) is 6.28. The minimum absolute atomic E-state index is 0.00452. The van der Waals surface area contributed by atoms with E-state index >= 15 is 0 Å². The Morgan fingerprint density at radius 3 is 2.59 bits per heavy atom. The summed E-state index contributed by atoms with van der Waals surface area (Å²) in [6, 6.07) is 1.90. The maximum atomic E-state index is 12.5. The Hall–Kier alpha value is -2.75. The topological polar surface area (TPSA) is 100 Å². The molecule has 0 saturated heterocycles. The first-order valence-electron chi connectivity index (χ1n) is 8.42. The number of aromatic nitrogens is 3. The van der Waals surface area contributed by atoms with Gasteiger partial charge < -0.3 is 15.7 Å². The molecule has 0 aromatic carbocycles. The molecule has 1 aliphatic carbocycles. The van der Waals surface area contributed by atoms with Gasteiger partial charge in [-0.1, -0.05) is 6.42 Å². The van der Waals surface area contributed by atoms with Gasteiger partial charge >= 0.3 is 6.18 Å². The number of nitrogens with one attached hydrogen (secondary N) is 2. The highest BCUT2D eigenvalue weighted by atomic mass is 19.4. The van der Waals surface area contributed by atoms with Crippen LogP contribution in [-0.2, 0) is 6.18 Å². The predicted octanol–water partition coefficient (Wildman–Crippen LogP) is 2.72. The van der Waals surface area contributed by atoms with Gasteiger partial charge in [0.2, 0.25) is 0 Å². The van der Waals surface area contributed by atoms with Gasteiger partial charge in [-0.3, -0.25) is 4.79 Å². The van der Waals surface area contributed by atoms with Crippen LogP contribution in [0.15, 0.2) is 30.7 Å². The lowest BCUT2D eigenvalue weighted by atomic mass is 10.1. The molecule has 0 aliphatic heterocycles. The average Bonchev–Trinajstić information content (AvgIpc) is 3.05. The van der Waals surface area contributed by atoms with Gasteiger partial charge in [0.1, 0.15) is 5.69 Å². The molecule has 3 N–H and O–H groups in total. The summed E-state index contributed by atoms with van der Waals surface area (Å²) in [6.07, 6.45) is 1.34. The number of hydrogen-bond acceptors (Lipinski definition) is 6. The van der Waals surface area contributed by atoms with Crippen LogP contribution in [0.4, 0.5) is 24.7 Å². The number of aliphatic hydroxyl groups excluding tert-OH is 1. The summed E-state index contributed by atoms with van der Waals surface area (Å²) in [6.45, 7) is 0.446. The lowest BCUT2D eigenvalue weighted by Crippen LogP contribution is -2.24. The summed E-state index contributed by atoms with van der Waals surface area (Å²) in [5.41, 5.74) is -0.932. The maximum absolute atomic E-state index is 12.5. The van der Waals surface area contributed by atoms with Crippen molar-refractivity contribution in [3.05, 3.63) is 42.1 Å². The molecular weight excluding hydrogens is 363 g/mol. The third kappa shape index (κ3) is 4.70. The van der Waals surface area contributed by atoms with Gasteiger partial charge in [-0.25, -0.2) is 15.0 Å². The molecule has 1 amide bonds. The highest BCUT2D eigenvalue weighted by molar-refractivity contribution is 6.05. The van der Waals surface area contributed by atoms with Crippen LogP contribution < -0.4 is 10.6 Å². The van der Waals surface area contributed by atoms with E-state index in [0.29, 0.717) is 6.54 Å². The molecule has 0 spiro atoms. The van der Waals surface area contributed by atoms with Crippen molar-refractivity contribution in [1.82, 2.24) is 15.0 Å². The molecule has 2 atom stereocenters. The Morgan fingerprint density at radius 2 is 1.96 bits per heavy atom. The summed E-state index contributed by atoms with van der Waals surface area (Å²) in [4.78, 5) is 23.8. The van der Waals surface area contributed by atoms with Gasteiger partial charge in [0, 0.05) is 24.9 Å². The van der Waals surface area contributed by atoms with Crippen LogP contribution in [-0.4, -0.2) is 38.6 Å². The fraction of sp³-hybridized carbons (Fsp3) is 0.412. The second kappa shape index (κ2) is 7.87. The van der Waals surface area contributed by atoms with E-state index in [-0.39, 0.29) is 29.2 Å². The van der Waals surface area contributed by atoms with E-state index in [1.165, 1.54) is 12.4 Å². The molecule has 1 saturated carbocycles. The zero-order chi connectivity index (χ0) is 19.4. The van der Waals surface area contributed by atoms with Crippen LogP contribution in [0, 0.1) is 5.92 Å². The Bertz CT molecular complexity index is 798. The number of halogens is 3. The zero-order valence-corrected chi connectivity index (χ0v) is 14.2. The Balaban J connectivity index is 1.67. The number of carbonyl (C=O) groups is 1. The number of carbonyl (C=O) groups excluding carboxylic acids is 1. The number of aliphatic hydroxyl groups is 1. The lowest BCUT2D eigenvalue weighted by molar-refractivity contribution is -0.141. The lowest BCUT2D eigenvalue weighted by Gasteiger charge is -2.16. The summed E-state index contributed by atoms with van der Waals surface area (Å²) in [5, 5.41) is 15.4. The normalized spacial score (nSPS) is 19.7. The number of hydrogen-bond donors (Lipinski definition) is 3. The highest BCUT2D eigenvalue weighted by Crippen LogP contribution is 2.28. The standard InChI is InChI=1S/C17H18F3N5O2/c18-17(19,20)13-5-4-11(9-23-13)25-16(27)14-15(22-7-6-21-14)24-8-10-2-1-3-12(10)26/h4-7,9-10,12,26H,1-3,8H2,(H,22,24)(H,25,27). The number of nitrogens with zero attached hydrogens (tertiary/aromatic N) is 3. The number of alkyl halides is 3. The van der Waals surface area contributed by atoms with Crippen molar-refractivity contribution >= 4 is 17.4 Å². The molecule has 0 radical (unpaired) electrons. The largest absolute Gasteiger partial charge is 0.433 e. The van der Waals surface area contributed by atoms with Crippen LogP contribution in [0.5, 0.6) is 0 Å². The van der Waals surface area contributed by atoms with Gasteiger partial charge in [-0.15, -0.1) is 0 Å². The van der Waals surface area contributed by atoms with Crippen molar-refractivity contribution in [2.24, 2.45) is 5.92 Å². The van der Waals surface area contributed by atoms with E-state index in [9.17, 15) is 23.1 Å². The average molecular weight is 381 g/mol. The van der Waals surface area contributed by atoms with Crippen molar-refractivity contribution in [1.29, 1.82) is 0 Å². The van der Waals surface area contributed by atoms with Gasteiger partial charge in [-0.2, -0.15) is 13.2 Å². The van der Waals surface area contributed by atoms with Crippen molar-refractivity contribution in [2.45, 2.75) is 31.5 Å². The molecule has 2 aromatic rings. The molecule has 1 fully saturated rings. The van der Waals surface area contributed by atoms with E-state index in [1.807, 2.05) is 0 Å². The van der Waals surface area contributed by atoms with Crippen LogP contribution in [0.3, 0.4) is 0 Å². The predicted molar refractivity (Wildman–Crippen MR) is 91.1 cm³/mol. The SMILES string of the molecule is O=C(Nc1ccc(C(F)(F)F)nc1)c1nccnc1NCC1CCCC1O. The number of anilines is 2. The van der Waals surface area contributed by atoms with E-state index in [4.69, 9.17) is 0 Å². The van der Waals surface area contributed by atoms with Gasteiger partial charge in [0.15, 0.2) is 11.5 Å². The summed E-state index contributed by atoms with van der Waals surface area (Å²) in [7, 11) is 0. The maximum Gasteiger partial charge on any atom is 0.433 e. The van der Waals surface area contributed by atoms with Crippen molar-refractivity contribution in [3.63, 3.8) is 0 Å². The second-order valence-electron chi connectivity index (χ2n) is 6.28. The van der Waals surface area contributed by atoms with Gasteiger partial charge in [-0.05, 0) is 25.0 Å². The molecule has 1 aliphatic rings. The summed E-state index contributed by atoms with van der Waals surface area (Å²) >= 11 is 0. The minimum Gasteiger partial charge on any atom is -0.393 e. The van der Waals surface area contributed by atoms with Crippen LogP contribution >= 0.6 is 0 Å². The van der Waals surface area contributed by atoms with E-state index in [1.54, 1.807) is 0 Å². The molecule has 2 aromatic heterocycles. The Morgan fingerprint density at radius 1 is 1.19 bits per heavy atom. The first kappa shape index (κ1) is 19.0. The monoisotopic (exact) mass is 381 g/mol. The number of pyridine rings is 1. The molecule has 2 unspecified atom stereocenters. The molecule has 0 bridgehead atoms. The molecular formula is C17H18F3N5O2. The molecule has 27 heavy (non-hydrogen) atoms. The van der Waals surface area contributed by atoms with Crippen LogP contribution in [0.2, 0.25) is 0 Å². The molecule has 7 nitrogen and oxygen atoms in total. The third-order valence-corrected chi connectivity index (χ3v) is 4.38. The third-order valence-electron chi connectivity index (χ3n) is 4.38. The van der Waals surface area contributed by atoms with E-state index in [2.05, 4.69) is 25.6 Å². The van der Waals surface area contributed by atoms with Crippen molar-refractivity contribution < 1.29 is 23.1 Å². The fourth-order valence-corrected chi connectivity index (χ4v) is 2.94. The zero-order valence-electron chi connectivity index (χ0n) is 14.2. The molecule has 144 valence electrons. The van der Waals surface area contributed by atoms with Crippen molar-refractivity contribution in [3.8, 4) is 0 Å². The number of amides is 1. The van der Waals surface area contributed by atoms with Gasteiger partial charge in [0.05, 0.1) is 18.0 Å². The molecule has 3 rings (SSSR count). The Labute approximate surface area is 153 Å². The molecule has 10 heteroatoms. The number of rotatable bonds is 5. The smallest absolute Gasteiger partial charge is 0.393 e. The Kier molecular flexibility index (Phi) is 5.54. The van der Waals surface area contributed by atoms with E-state index < -0.39 is 17.8 Å². The van der Waals surface area contributed by atoms with Crippen LogP contribution in [0.1, 0.15) is 35.4 Å². The fourth-order valence-electron chi connectivity index (χ4n) is 2.94. The van der Waals surface area contributed by atoms with Crippen molar-refractivity contribution in [2.75, 3.05) is 17.2 Å². The highest BCUT2D eigenvalue weighted by Gasteiger charge is 2.32. The molecule has 2 heterocycles. The summed E-state index contributed by atoms with van der Waals surface area (Å²) in [5.74, 6) is -0.310. The van der Waals surface area contributed by atoms with Gasteiger partial charge in [0.25, 0.3) is 5.91 Å².